The van der Waals surface area contributed by atoms with Gasteiger partial charge in [0.05, 0.1) is 16.9 Å². The van der Waals surface area contributed by atoms with Crippen LogP contribution in [0.4, 0.5) is 13.2 Å². The first kappa shape index (κ1) is 15.5. The van der Waals surface area contributed by atoms with E-state index in [2.05, 4.69) is 15.9 Å². The van der Waals surface area contributed by atoms with Gasteiger partial charge < -0.3 is 5.11 Å². The minimum absolute atomic E-state index is 0.598. The third-order valence-electron chi connectivity index (χ3n) is 2.27. The van der Waals surface area contributed by atoms with E-state index >= 15 is 0 Å². The number of hydrogen-bond acceptors (Lipinski definition) is 3. The molecule has 8 heteroatoms. The van der Waals surface area contributed by atoms with Crippen molar-refractivity contribution < 1.29 is 23.1 Å². The second kappa shape index (κ2) is 6.03. The van der Waals surface area contributed by atoms with E-state index in [1.807, 2.05) is 0 Å². The third-order valence-corrected chi connectivity index (χ3v) is 4.07. The van der Waals surface area contributed by atoms with Crippen LogP contribution in [0, 0.1) is 0 Å². The molecular weight excluding hydrogens is 335 g/mol. The van der Waals surface area contributed by atoms with E-state index in [9.17, 15) is 18.0 Å². The molecule has 1 rings (SSSR count). The van der Waals surface area contributed by atoms with E-state index in [0.29, 0.717) is 4.88 Å². The summed E-state index contributed by atoms with van der Waals surface area (Å²) in [6, 6.07) is 2.81. The molecule has 0 saturated carbocycles. The summed E-state index contributed by atoms with van der Waals surface area (Å²) >= 11 is 4.52. The number of carboxylic acid groups (broad SMARTS) is 1. The van der Waals surface area contributed by atoms with Crippen LogP contribution < -0.4 is 0 Å². The highest BCUT2D eigenvalue weighted by Gasteiger charge is 2.34. The fourth-order valence-electron chi connectivity index (χ4n) is 1.47. The number of hydrogen-bond donors (Lipinski definition) is 1. The van der Waals surface area contributed by atoms with Crippen molar-refractivity contribution in [1.82, 2.24) is 4.90 Å². The maximum Gasteiger partial charge on any atom is 0.401 e. The quantitative estimate of drug-likeness (QED) is 0.887. The molecule has 1 heterocycles. The topological polar surface area (TPSA) is 40.5 Å². The maximum atomic E-state index is 12.4. The number of rotatable bonds is 5. The van der Waals surface area contributed by atoms with Crippen molar-refractivity contribution in [1.29, 1.82) is 0 Å². The Hall–Kier alpha value is -0.600. The highest BCUT2D eigenvalue weighted by atomic mass is 79.9. The van der Waals surface area contributed by atoms with Gasteiger partial charge in [-0.3, -0.25) is 9.69 Å². The number of halogens is 4. The van der Waals surface area contributed by atoms with Crippen LogP contribution in [-0.4, -0.2) is 35.2 Å². The van der Waals surface area contributed by atoms with Gasteiger partial charge in [-0.05, 0) is 35.0 Å². The molecule has 1 aromatic rings. The average molecular weight is 346 g/mol. The Balaban J connectivity index is 2.84. The monoisotopic (exact) mass is 345 g/mol. The summed E-state index contributed by atoms with van der Waals surface area (Å²) in [7, 11) is 0. The van der Waals surface area contributed by atoms with Gasteiger partial charge in [-0.2, -0.15) is 13.2 Å². The zero-order valence-corrected chi connectivity index (χ0v) is 11.8. The molecule has 0 aliphatic carbocycles. The summed E-state index contributed by atoms with van der Waals surface area (Å²) < 4.78 is 38.0. The van der Waals surface area contributed by atoms with E-state index in [0.717, 1.165) is 8.69 Å². The lowest BCUT2D eigenvalue weighted by molar-refractivity contribution is -0.157. The molecule has 0 bridgehead atoms. The van der Waals surface area contributed by atoms with Gasteiger partial charge in [0, 0.05) is 10.9 Å². The van der Waals surface area contributed by atoms with Crippen LogP contribution in [0.3, 0.4) is 0 Å². The van der Waals surface area contributed by atoms with Gasteiger partial charge in [0.25, 0.3) is 0 Å². The average Bonchev–Trinajstić information content (AvgIpc) is 2.59. The number of carbonyl (C=O) groups is 1. The smallest absolute Gasteiger partial charge is 0.401 e. The Morgan fingerprint density at radius 2 is 2.17 bits per heavy atom. The molecule has 0 radical (unpaired) electrons. The Kier molecular flexibility index (Phi) is 5.18. The van der Waals surface area contributed by atoms with Crippen molar-refractivity contribution >= 4 is 33.2 Å². The lowest BCUT2D eigenvalue weighted by atomic mass is 10.2. The minimum atomic E-state index is -4.42. The van der Waals surface area contributed by atoms with Crippen molar-refractivity contribution in [2.45, 2.75) is 19.1 Å². The third kappa shape index (κ3) is 4.95. The molecule has 18 heavy (non-hydrogen) atoms. The van der Waals surface area contributed by atoms with Gasteiger partial charge in [0.1, 0.15) is 0 Å². The predicted octanol–water partition coefficient (Wildman–Crippen LogP) is 3.52. The summed E-state index contributed by atoms with van der Waals surface area (Å²) in [5.74, 6) is -1.28. The molecule has 102 valence electrons. The van der Waals surface area contributed by atoms with Crippen LogP contribution in [0.15, 0.2) is 15.9 Å². The molecule has 1 N–H and O–H groups in total. The SMILES string of the molecule is CC(c1ccc(Br)s1)N(CC(=O)O)CC(F)(F)F. The van der Waals surface area contributed by atoms with Crippen LogP contribution in [0.5, 0.6) is 0 Å². The Labute approximate surface area is 114 Å². The van der Waals surface area contributed by atoms with E-state index in [1.54, 1.807) is 19.1 Å². The van der Waals surface area contributed by atoms with Crippen molar-refractivity contribution in [3.8, 4) is 0 Å². The maximum absolute atomic E-state index is 12.4. The summed E-state index contributed by atoms with van der Waals surface area (Å²) in [4.78, 5) is 12.2. The van der Waals surface area contributed by atoms with Gasteiger partial charge in [-0.25, -0.2) is 0 Å². The summed E-state index contributed by atoms with van der Waals surface area (Å²) in [5.41, 5.74) is 0. The van der Waals surface area contributed by atoms with Crippen molar-refractivity contribution in [2.75, 3.05) is 13.1 Å². The van der Waals surface area contributed by atoms with Crippen LogP contribution >= 0.6 is 27.3 Å². The Morgan fingerprint density at radius 3 is 2.56 bits per heavy atom. The minimum Gasteiger partial charge on any atom is -0.480 e. The number of thiophene rings is 1. The number of alkyl halides is 3. The molecular formula is C10H11BrF3NO2S. The summed E-state index contributed by atoms with van der Waals surface area (Å²) in [6.45, 7) is -0.320. The normalized spacial score (nSPS) is 13.9. The number of carboxylic acids is 1. The van der Waals surface area contributed by atoms with Crippen LogP contribution in [0.25, 0.3) is 0 Å². The van der Waals surface area contributed by atoms with Crippen molar-refractivity contribution in [2.24, 2.45) is 0 Å². The molecule has 0 aromatic carbocycles. The Morgan fingerprint density at radius 1 is 1.56 bits per heavy atom. The molecule has 0 saturated heterocycles. The number of aliphatic carboxylic acids is 1. The molecule has 0 aliphatic rings. The molecule has 1 unspecified atom stereocenters. The highest BCUT2D eigenvalue weighted by Crippen LogP contribution is 2.32. The van der Waals surface area contributed by atoms with E-state index in [-0.39, 0.29) is 0 Å². The first-order chi connectivity index (χ1) is 8.19. The molecule has 0 aliphatic heterocycles. The summed E-state index contributed by atoms with van der Waals surface area (Å²) in [6.07, 6.45) is -4.42. The van der Waals surface area contributed by atoms with Crippen LogP contribution in [0.2, 0.25) is 0 Å². The molecule has 3 nitrogen and oxygen atoms in total. The van der Waals surface area contributed by atoms with Gasteiger partial charge in [0.2, 0.25) is 0 Å². The summed E-state index contributed by atoms with van der Waals surface area (Å²) in [5, 5.41) is 8.67. The van der Waals surface area contributed by atoms with Gasteiger partial charge in [-0.15, -0.1) is 11.3 Å². The van der Waals surface area contributed by atoms with E-state index < -0.39 is 31.3 Å². The fraction of sp³-hybridized carbons (Fsp3) is 0.500. The molecule has 0 fully saturated rings. The zero-order chi connectivity index (χ0) is 13.9. The van der Waals surface area contributed by atoms with Crippen LogP contribution in [0.1, 0.15) is 17.8 Å². The molecule has 1 atom stereocenters. The van der Waals surface area contributed by atoms with Gasteiger partial charge >= 0.3 is 12.1 Å². The first-order valence-electron chi connectivity index (χ1n) is 4.97. The highest BCUT2D eigenvalue weighted by molar-refractivity contribution is 9.11. The molecule has 1 aromatic heterocycles. The van der Waals surface area contributed by atoms with Gasteiger partial charge in [0.15, 0.2) is 0 Å². The number of nitrogens with zero attached hydrogens (tertiary/aromatic N) is 1. The van der Waals surface area contributed by atoms with E-state index in [1.165, 1.54) is 11.3 Å². The zero-order valence-electron chi connectivity index (χ0n) is 9.37. The van der Waals surface area contributed by atoms with Crippen molar-refractivity contribution in [3.63, 3.8) is 0 Å². The lowest BCUT2D eigenvalue weighted by Gasteiger charge is -2.27. The van der Waals surface area contributed by atoms with E-state index in [4.69, 9.17) is 5.11 Å². The fourth-order valence-corrected chi connectivity index (χ4v) is 2.98. The molecule has 0 amide bonds. The van der Waals surface area contributed by atoms with Crippen LogP contribution in [-0.2, 0) is 4.79 Å². The predicted molar refractivity (Wildman–Crippen MR) is 65.7 cm³/mol. The lowest BCUT2D eigenvalue weighted by Crippen LogP contribution is -2.39. The second-order valence-electron chi connectivity index (χ2n) is 3.73. The second-order valence-corrected chi connectivity index (χ2v) is 6.23. The van der Waals surface area contributed by atoms with Gasteiger partial charge in [-0.1, -0.05) is 0 Å². The largest absolute Gasteiger partial charge is 0.480 e. The van der Waals surface area contributed by atoms with Crippen molar-refractivity contribution in [3.05, 3.63) is 20.8 Å². The standard InChI is InChI=1S/C10H11BrF3NO2S/c1-6(7-2-3-8(11)18-7)15(4-9(16)17)5-10(12,13)14/h2-3,6H,4-5H2,1H3,(H,16,17). The Bertz CT molecular complexity index is 422. The molecule has 0 spiro atoms. The first-order valence-corrected chi connectivity index (χ1v) is 6.58.